The molecule has 1 aromatic rings. The molecule has 2 nitrogen and oxygen atoms in total. The predicted octanol–water partition coefficient (Wildman–Crippen LogP) is 3.54. The van der Waals surface area contributed by atoms with Crippen LogP contribution < -0.4 is 0 Å². The van der Waals surface area contributed by atoms with Crippen LogP contribution in [0.25, 0.3) is 0 Å². The van der Waals surface area contributed by atoms with E-state index in [0.29, 0.717) is 5.78 Å². The fraction of sp³-hybridized carbons (Fsp3) is 0.571. The molecule has 1 saturated carbocycles. The van der Waals surface area contributed by atoms with Crippen molar-refractivity contribution in [1.29, 1.82) is 0 Å². The molecule has 1 aliphatic carbocycles. The highest BCUT2D eigenvalue weighted by Crippen LogP contribution is 2.26. The van der Waals surface area contributed by atoms with Gasteiger partial charge in [0.05, 0.1) is 0 Å². The van der Waals surface area contributed by atoms with E-state index in [9.17, 15) is 4.79 Å². The third kappa shape index (κ3) is 2.69. The highest BCUT2D eigenvalue weighted by atomic mass is 16.1. The molecular formula is C14H19NO. The maximum absolute atomic E-state index is 12.3. The normalized spacial score (nSPS) is 18.1. The molecule has 0 unspecified atom stereocenters. The lowest BCUT2D eigenvalue weighted by Gasteiger charge is -2.12. The minimum absolute atomic E-state index is 0.254. The highest BCUT2D eigenvalue weighted by molar-refractivity contribution is 5.97. The molecule has 0 aliphatic heterocycles. The van der Waals surface area contributed by atoms with Crippen LogP contribution in [0.4, 0.5) is 0 Å². The number of aryl methyl sites for hydroxylation is 1. The highest BCUT2D eigenvalue weighted by Gasteiger charge is 2.21. The van der Waals surface area contributed by atoms with Crippen molar-refractivity contribution in [3.63, 3.8) is 0 Å². The Morgan fingerprint density at radius 2 is 1.94 bits per heavy atom. The summed E-state index contributed by atoms with van der Waals surface area (Å²) in [7, 11) is 0. The van der Waals surface area contributed by atoms with Gasteiger partial charge in [0.25, 0.3) is 0 Å². The average molecular weight is 217 g/mol. The molecule has 1 aromatic heterocycles. The van der Waals surface area contributed by atoms with Gasteiger partial charge in [0.15, 0.2) is 5.78 Å². The van der Waals surface area contributed by atoms with E-state index in [2.05, 4.69) is 4.98 Å². The van der Waals surface area contributed by atoms with Crippen molar-refractivity contribution in [3.8, 4) is 0 Å². The molecule has 1 heterocycles. The standard InChI is InChI=1S/C14H19NO/c1-11-10-13(8-9-15-11)14(16)12-6-4-2-3-5-7-12/h8-10,12H,2-7H2,1H3. The maximum Gasteiger partial charge on any atom is 0.166 e. The zero-order valence-electron chi connectivity index (χ0n) is 9.91. The van der Waals surface area contributed by atoms with Crippen molar-refractivity contribution in [3.05, 3.63) is 29.6 Å². The molecule has 0 N–H and O–H groups in total. The first-order valence-corrected chi connectivity index (χ1v) is 6.24. The summed E-state index contributed by atoms with van der Waals surface area (Å²) in [4.78, 5) is 16.4. The smallest absolute Gasteiger partial charge is 0.166 e. The van der Waals surface area contributed by atoms with Crippen molar-refractivity contribution in [2.45, 2.75) is 45.4 Å². The van der Waals surface area contributed by atoms with Gasteiger partial charge in [-0.25, -0.2) is 0 Å². The molecule has 0 bridgehead atoms. The molecule has 2 rings (SSSR count). The molecule has 0 spiro atoms. The molecule has 86 valence electrons. The number of rotatable bonds is 2. The van der Waals surface area contributed by atoms with E-state index in [-0.39, 0.29) is 5.92 Å². The molecule has 1 aliphatic rings. The molecule has 0 amide bonds. The molecule has 1 fully saturated rings. The Morgan fingerprint density at radius 3 is 2.56 bits per heavy atom. The summed E-state index contributed by atoms with van der Waals surface area (Å²) in [6, 6.07) is 3.76. The number of carbonyl (C=O) groups is 1. The minimum atomic E-state index is 0.254. The van der Waals surface area contributed by atoms with Crippen LogP contribution in [-0.2, 0) is 0 Å². The van der Waals surface area contributed by atoms with Crippen LogP contribution in [0.15, 0.2) is 18.3 Å². The lowest BCUT2D eigenvalue weighted by atomic mass is 9.91. The summed E-state index contributed by atoms with van der Waals surface area (Å²) >= 11 is 0. The van der Waals surface area contributed by atoms with Crippen molar-refractivity contribution in [2.24, 2.45) is 5.92 Å². The topological polar surface area (TPSA) is 30.0 Å². The van der Waals surface area contributed by atoms with Gasteiger partial charge in [-0.15, -0.1) is 0 Å². The second kappa shape index (κ2) is 5.24. The molecule has 2 heteroatoms. The Balaban J connectivity index is 2.11. The Hall–Kier alpha value is -1.18. The summed E-state index contributed by atoms with van der Waals surface area (Å²) < 4.78 is 0. The van der Waals surface area contributed by atoms with Crippen LogP contribution in [0.5, 0.6) is 0 Å². The van der Waals surface area contributed by atoms with E-state index in [0.717, 1.165) is 24.1 Å². The van der Waals surface area contributed by atoms with Crippen LogP contribution in [0.2, 0.25) is 0 Å². The molecule has 0 saturated heterocycles. The Bertz CT molecular complexity index is 365. The van der Waals surface area contributed by atoms with Crippen LogP contribution >= 0.6 is 0 Å². The Morgan fingerprint density at radius 1 is 1.25 bits per heavy atom. The van der Waals surface area contributed by atoms with E-state index >= 15 is 0 Å². The van der Waals surface area contributed by atoms with Crippen LogP contribution in [0.3, 0.4) is 0 Å². The van der Waals surface area contributed by atoms with Gasteiger partial charge in [0.2, 0.25) is 0 Å². The largest absolute Gasteiger partial charge is 0.294 e. The molecule has 16 heavy (non-hydrogen) atoms. The van der Waals surface area contributed by atoms with E-state index < -0.39 is 0 Å². The number of hydrogen-bond acceptors (Lipinski definition) is 2. The van der Waals surface area contributed by atoms with Crippen molar-refractivity contribution in [1.82, 2.24) is 4.98 Å². The first-order chi connectivity index (χ1) is 7.77. The summed E-state index contributed by atoms with van der Waals surface area (Å²) in [6.07, 6.45) is 8.87. The third-order valence-electron chi connectivity index (χ3n) is 3.41. The van der Waals surface area contributed by atoms with E-state index in [1.54, 1.807) is 6.20 Å². The Kier molecular flexibility index (Phi) is 3.70. The number of ketones is 1. The monoisotopic (exact) mass is 217 g/mol. The number of carbonyl (C=O) groups excluding carboxylic acids is 1. The first kappa shape index (κ1) is 11.3. The van der Waals surface area contributed by atoms with Gasteiger partial charge in [0.1, 0.15) is 0 Å². The number of pyridine rings is 1. The van der Waals surface area contributed by atoms with Gasteiger partial charge in [-0.3, -0.25) is 9.78 Å². The van der Waals surface area contributed by atoms with Crippen molar-refractivity contribution in [2.75, 3.05) is 0 Å². The van der Waals surface area contributed by atoms with Gasteiger partial charge in [-0.05, 0) is 31.9 Å². The number of Topliss-reactive ketones (excluding diaryl/α,β-unsaturated/α-hetero) is 1. The maximum atomic E-state index is 12.3. The quantitative estimate of drug-likeness (QED) is 0.560. The molecular weight excluding hydrogens is 198 g/mol. The predicted molar refractivity (Wildman–Crippen MR) is 64.5 cm³/mol. The third-order valence-corrected chi connectivity index (χ3v) is 3.41. The summed E-state index contributed by atoms with van der Waals surface area (Å²) in [5.41, 5.74) is 1.78. The Labute approximate surface area is 97.1 Å². The van der Waals surface area contributed by atoms with Crippen molar-refractivity contribution < 1.29 is 4.79 Å². The summed E-state index contributed by atoms with van der Waals surface area (Å²) in [6.45, 7) is 1.93. The lowest BCUT2D eigenvalue weighted by Crippen LogP contribution is -2.14. The number of aromatic nitrogens is 1. The van der Waals surface area contributed by atoms with Gasteiger partial charge in [-0.1, -0.05) is 25.7 Å². The zero-order chi connectivity index (χ0) is 11.4. The van der Waals surface area contributed by atoms with E-state index in [1.165, 1.54) is 25.7 Å². The van der Waals surface area contributed by atoms with Crippen molar-refractivity contribution >= 4 is 5.78 Å². The zero-order valence-corrected chi connectivity index (χ0v) is 9.91. The fourth-order valence-corrected chi connectivity index (χ4v) is 2.48. The van der Waals surface area contributed by atoms with E-state index in [1.807, 2.05) is 19.1 Å². The van der Waals surface area contributed by atoms with E-state index in [4.69, 9.17) is 0 Å². The second-order valence-electron chi connectivity index (χ2n) is 4.74. The number of hydrogen-bond donors (Lipinski definition) is 0. The minimum Gasteiger partial charge on any atom is -0.294 e. The van der Waals surface area contributed by atoms with Gasteiger partial charge in [0, 0.05) is 23.4 Å². The molecule has 0 radical (unpaired) electrons. The van der Waals surface area contributed by atoms with Gasteiger partial charge >= 0.3 is 0 Å². The molecule has 0 atom stereocenters. The van der Waals surface area contributed by atoms with Gasteiger partial charge in [-0.2, -0.15) is 0 Å². The van der Waals surface area contributed by atoms with Crippen LogP contribution in [-0.4, -0.2) is 10.8 Å². The van der Waals surface area contributed by atoms with Crippen LogP contribution in [0, 0.1) is 12.8 Å². The summed E-state index contributed by atoms with van der Waals surface area (Å²) in [5, 5.41) is 0. The first-order valence-electron chi connectivity index (χ1n) is 6.24. The van der Waals surface area contributed by atoms with Gasteiger partial charge < -0.3 is 0 Å². The number of nitrogens with zero attached hydrogens (tertiary/aromatic N) is 1. The fourth-order valence-electron chi connectivity index (χ4n) is 2.48. The van der Waals surface area contributed by atoms with Crippen LogP contribution in [0.1, 0.15) is 54.6 Å². The SMILES string of the molecule is Cc1cc(C(=O)C2CCCCCC2)ccn1. The lowest BCUT2D eigenvalue weighted by molar-refractivity contribution is 0.0907. The second-order valence-corrected chi connectivity index (χ2v) is 4.74. The molecule has 0 aromatic carbocycles. The summed E-state index contributed by atoms with van der Waals surface area (Å²) in [5.74, 6) is 0.580. The average Bonchev–Trinajstić information content (AvgIpc) is 2.56.